The first-order valence-electron chi connectivity index (χ1n) is 8.07. The van der Waals surface area contributed by atoms with E-state index in [9.17, 15) is 4.79 Å². The molecular formula is C17H21ClN4OS. The van der Waals surface area contributed by atoms with Crippen LogP contribution in [-0.4, -0.2) is 40.2 Å². The van der Waals surface area contributed by atoms with Crippen molar-refractivity contribution in [1.29, 1.82) is 0 Å². The highest BCUT2D eigenvalue weighted by Crippen LogP contribution is 2.23. The fourth-order valence-electron chi connectivity index (χ4n) is 2.88. The molecule has 1 saturated heterocycles. The van der Waals surface area contributed by atoms with Crippen LogP contribution >= 0.6 is 22.9 Å². The molecule has 2 aromatic rings. The number of halogens is 1. The third-order valence-electron chi connectivity index (χ3n) is 4.08. The van der Waals surface area contributed by atoms with Gasteiger partial charge in [-0.15, -0.1) is 17.9 Å². The van der Waals surface area contributed by atoms with Crippen molar-refractivity contribution in [3.05, 3.63) is 52.0 Å². The summed E-state index contributed by atoms with van der Waals surface area (Å²) >= 11 is 7.47. The van der Waals surface area contributed by atoms with Crippen LogP contribution < -0.4 is 5.32 Å². The second-order valence-corrected chi connectivity index (χ2v) is 7.66. The normalized spacial score (nSPS) is 17.6. The maximum Gasteiger partial charge on any atom is 0.274 e. The molecule has 1 amide bonds. The predicted octanol–water partition coefficient (Wildman–Crippen LogP) is 3.35. The first-order valence-corrected chi connectivity index (χ1v) is 9.27. The molecule has 1 fully saturated rings. The Bertz CT molecular complexity index is 705. The minimum Gasteiger partial charge on any atom is -0.328 e. The summed E-state index contributed by atoms with van der Waals surface area (Å²) in [6, 6.07) is 5.92. The number of hydrogen-bond acceptors (Lipinski definition) is 4. The van der Waals surface area contributed by atoms with Gasteiger partial charge in [0.2, 0.25) is 0 Å². The fraction of sp³-hybridized carbons (Fsp3) is 0.412. The number of piperidine rings is 1. The molecule has 1 aliphatic rings. The van der Waals surface area contributed by atoms with Crippen LogP contribution in [0.1, 0.15) is 34.2 Å². The molecule has 128 valence electrons. The van der Waals surface area contributed by atoms with E-state index < -0.39 is 0 Å². The molecule has 1 N–H and O–H groups in total. The van der Waals surface area contributed by atoms with Gasteiger partial charge in [0.15, 0.2) is 0 Å². The molecule has 1 aliphatic heterocycles. The lowest BCUT2D eigenvalue weighted by molar-refractivity contribution is 0.0757. The average molecular weight is 365 g/mol. The molecule has 1 unspecified atom stereocenters. The van der Waals surface area contributed by atoms with Gasteiger partial charge in [0.05, 0.1) is 16.9 Å². The van der Waals surface area contributed by atoms with E-state index in [0.717, 1.165) is 35.1 Å². The first-order chi connectivity index (χ1) is 11.7. The Labute approximate surface area is 150 Å². The maximum atomic E-state index is 12.8. The molecule has 0 aromatic carbocycles. The molecule has 0 spiro atoms. The van der Waals surface area contributed by atoms with E-state index in [1.54, 1.807) is 17.0 Å². The first kappa shape index (κ1) is 17.2. The van der Waals surface area contributed by atoms with Crippen molar-refractivity contribution < 1.29 is 4.79 Å². The SMILES string of the molecule is C=CCN(Cc1ccc(Cl)s1)C(=O)c1ccn(C2CCCNC2)n1. The molecule has 24 heavy (non-hydrogen) atoms. The van der Waals surface area contributed by atoms with Crippen LogP contribution in [0.5, 0.6) is 0 Å². The molecule has 0 radical (unpaired) electrons. The summed E-state index contributed by atoms with van der Waals surface area (Å²) in [5, 5.41) is 7.88. The quantitative estimate of drug-likeness (QED) is 0.800. The number of aromatic nitrogens is 2. The van der Waals surface area contributed by atoms with E-state index in [1.807, 2.05) is 23.0 Å². The van der Waals surface area contributed by atoms with Crippen molar-refractivity contribution in [1.82, 2.24) is 20.0 Å². The van der Waals surface area contributed by atoms with E-state index in [1.165, 1.54) is 11.3 Å². The highest BCUT2D eigenvalue weighted by molar-refractivity contribution is 7.16. The van der Waals surface area contributed by atoms with Crippen molar-refractivity contribution >= 4 is 28.8 Å². The van der Waals surface area contributed by atoms with Gasteiger partial charge in [0.25, 0.3) is 5.91 Å². The van der Waals surface area contributed by atoms with Gasteiger partial charge in [-0.2, -0.15) is 5.10 Å². The van der Waals surface area contributed by atoms with Crippen LogP contribution in [0.2, 0.25) is 4.34 Å². The minimum absolute atomic E-state index is 0.0815. The Morgan fingerprint density at radius 2 is 2.42 bits per heavy atom. The van der Waals surface area contributed by atoms with E-state index in [2.05, 4.69) is 17.0 Å². The van der Waals surface area contributed by atoms with Crippen LogP contribution in [0.15, 0.2) is 37.1 Å². The Balaban J connectivity index is 1.72. The highest BCUT2D eigenvalue weighted by Gasteiger charge is 2.21. The molecule has 3 heterocycles. The zero-order valence-corrected chi connectivity index (χ0v) is 15.0. The van der Waals surface area contributed by atoms with Gasteiger partial charge >= 0.3 is 0 Å². The number of carbonyl (C=O) groups is 1. The van der Waals surface area contributed by atoms with Crippen molar-refractivity contribution in [3.8, 4) is 0 Å². The molecule has 0 aliphatic carbocycles. The summed E-state index contributed by atoms with van der Waals surface area (Å²) in [7, 11) is 0. The van der Waals surface area contributed by atoms with Gasteiger partial charge in [-0.1, -0.05) is 17.7 Å². The number of carbonyl (C=O) groups excluding carboxylic acids is 1. The van der Waals surface area contributed by atoms with Gasteiger partial charge in [-0.3, -0.25) is 9.48 Å². The number of nitrogens with one attached hydrogen (secondary N) is 1. The third-order valence-corrected chi connectivity index (χ3v) is 5.30. The van der Waals surface area contributed by atoms with Crippen LogP contribution in [0, 0.1) is 0 Å². The van der Waals surface area contributed by atoms with Crippen molar-refractivity contribution in [2.45, 2.75) is 25.4 Å². The molecule has 0 saturated carbocycles. The molecule has 5 nitrogen and oxygen atoms in total. The molecule has 1 atom stereocenters. The smallest absolute Gasteiger partial charge is 0.274 e. The third kappa shape index (κ3) is 4.06. The summed E-state index contributed by atoms with van der Waals surface area (Å²) in [6.45, 7) is 6.70. The second-order valence-electron chi connectivity index (χ2n) is 5.86. The van der Waals surface area contributed by atoms with Crippen molar-refractivity contribution in [2.24, 2.45) is 0 Å². The summed E-state index contributed by atoms with van der Waals surface area (Å²) < 4.78 is 2.64. The van der Waals surface area contributed by atoms with E-state index in [-0.39, 0.29) is 5.91 Å². The zero-order valence-electron chi connectivity index (χ0n) is 13.4. The average Bonchev–Trinajstić information content (AvgIpc) is 3.24. The molecule has 7 heteroatoms. The van der Waals surface area contributed by atoms with Crippen LogP contribution in [0.25, 0.3) is 0 Å². The number of amides is 1. The maximum absolute atomic E-state index is 12.8. The van der Waals surface area contributed by atoms with Gasteiger partial charge in [-0.05, 0) is 37.6 Å². The van der Waals surface area contributed by atoms with E-state index >= 15 is 0 Å². The predicted molar refractivity (Wildman–Crippen MR) is 97.6 cm³/mol. The van der Waals surface area contributed by atoms with E-state index in [4.69, 9.17) is 11.6 Å². The Hall–Kier alpha value is -1.63. The van der Waals surface area contributed by atoms with Gasteiger partial charge in [0, 0.05) is 24.2 Å². The lowest BCUT2D eigenvalue weighted by Crippen LogP contribution is -2.33. The number of nitrogens with zero attached hydrogens (tertiary/aromatic N) is 3. The molecular weight excluding hydrogens is 344 g/mol. The van der Waals surface area contributed by atoms with Crippen molar-refractivity contribution in [3.63, 3.8) is 0 Å². The monoisotopic (exact) mass is 364 g/mol. The number of rotatable bonds is 6. The van der Waals surface area contributed by atoms with Gasteiger partial charge in [0.1, 0.15) is 5.69 Å². The van der Waals surface area contributed by atoms with Crippen LogP contribution in [-0.2, 0) is 6.54 Å². The number of hydrogen-bond donors (Lipinski definition) is 1. The van der Waals surface area contributed by atoms with Crippen LogP contribution in [0.3, 0.4) is 0 Å². The van der Waals surface area contributed by atoms with Crippen LogP contribution in [0.4, 0.5) is 0 Å². The van der Waals surface area contributed by atoms with Crippen molar-refractivity contribution in [2.75, 3.05) is 19.6 Å². The summed E-state index contributed by atoms with van der Waals surface area (Å²) in [5.74, 6) is -0.0815. The molecule has 3 rings (SSSR count). The minimum atomic E-state index is -0.0815. The standard InChI is InChI=1S/C17H21ClN4OS/c1-2-9-21(12-14-5-6-16(18)24-14)17(23)15-7-10-22(20-15)13-4-3-8-19-11-13/h2,5-7,10,13,19H,1,3-4,8-9,11-12H2. The summed E-state index contributed by atoms with van der Waals surface area (Å²) in [5.41, 5.74) is 0.477. The number of thiophene rings is 1. The van der Waals surface area contributed by atoms with E-state index in [0.29, 0.717) is 24.8 Å². The Kier molecular flexibility index (Phi) is 5.71. The lowest BCUT2D eigenvalue weighted by Gasteiger charge is -2.23. The topological polar surface area (TPSA) is 50.2 Å². The molecule has 0 bridgehead atoms. The largest absolute Gasteiger partial charge is 0.328 e. The Morgan fingerprint density at radius 3 is 3.08 bits per heavy atom. The lowest BCUT2D eigenvalue weighted by atomic mass is 10.1. The summed E-state index contributed by atoms with van der Waals surface area (Å²) in [4.78, 5) is 15.6. The fourth-order valence-corrected chi connectivity index (χ4v) is 3.98. The second kappa shape index (κ2) is 7.96. The molecule has 2 aromatic heterocycles. The summed E-state index contributed by atoms with van der Waals surface area (Å²) in [6.07, 6.45) is 5.86. The zero-order chi connectivity index (χ0) is 16.9. The highest BCUT2D eigenvalue weighted by atomic mass is 35.5. The van der Waals surface area contributed by atoms with Gasteiger partial charge < -0.3 is 10.2 Å². The Morgan fingerprint density at radius 1 is 1.54 bits per heavy atom. The van der Waals surface area contributed by atoms with Gasteiger partial charge in [-0.25, -0.2) is 0 Å².